The van der Waals surface area contributed by atoms with Gasteiger partial charge in [-0.1, -0.05) is 41.5 Å². The van der Waals surface area contributed by atoms with Crippen LogP contribution in [0.4, 0.5) is 0 Å². The molecule has 646 valence electrons. The number of nitrogens with zero attached hydrogens (tertiary/aromatic N) is 4. The van der Waals surface area contributed by atoms with Crippen molar-refractivity contribution in [2.24, 2.45) is 57.1 Å². The molecule has 2 aromatic heterocycles. The lowest BCUT2D eigenvalue weighted by atomic mass is 9.99. The maximum absolute atomic E-state index is 14.7. The number of primary amides is 1. The molecule has 31 N–H and O–H groups in total. The van der Waals surface area contributed by atoms with Gasteiger partial charge in [-0.15, -0.1) is 0 Å². The first kappa shape index (κ1) is 98.7. The van der Waals surface area contributed by atoms with E-state index in [9.17, 15) is 97.5 Å². The van der Waals surface area contributed by atoms with E-state index in [0.717, 1.165) is 6.92 Å². The van der Waals surface area contributed by atoms with Crippen LogP contribution in [0.3, 0.4) is 0 Å². The first-order chi connectivity index (χ1) is 54.4. The summed E-state index contributed by atoms with van der Waals surface area (Å²) in [5.74, 6) is -16.2. The number of aliphatic carboxylic acids is 1. The Morgan fingerprint density at radius 1 is 0.478 bits per heavy atom. The van der Waals surface area contributed by atoms with Crippen LogP contribution in [0.1, 0.15) is 156 Å². The number of carbonyl (C=O) groups is 15. The van der Waals surface area contributed by atoms with Crippen LogP contribution in [0.25, 0.3) is 0 Å². The summed E-state index contributed by atoms with van der Waals surface area (Å²) >= 11 is 0. The number of carboxylic acids is 1. The Morgan fingerprint density at radius 2 is 0.843 bits per heavy atom. The molecule has 3 heterocycles. The lowest BCUT2D eigenvalue weighted by Gasteiger charge is -2.30. The van der Waals surface area contributed by atoms with Crippen molar-refractivity contribution in [3.05, 3.63) is 36.4 Å². The average Bonchev–Trinajstić information content (AvgIpc) is 1.76. The van der Waals surface area contributed by atoms with Crippen LogP contribution in [-0.2, 0) is 84.8 Å². The normalized spacial score (nSPS) is 16.3. The van der Waals surface area contributed by atoms with Gasteiger partial charge in [0.2, 0.25) is 82.7 Å². The third kappa shape index (κ3) is 35.4. The molecule has 0 aromatic carbocycles. The number of likely N-dealkylation sites (tertiary alicyclic amines) is 1. The van der Waals surface area contributed by atoms with Gasteiger partial charge in [0.05, 0.1) is 44.6 Å². The van der Waals surface area contributed by atoms with Gasteiger partial charge in [-0.2, -0.15) is 0 Å². The molecule has 1 fully saturated rings. The molecule has 44 nitrogen and oxygen atoms in total. The van der Waals surface area contributed by atoms with Crippen molar-refractivity contribution in [2.75, 3.05) is 46.0 Å². The van der Waals surface area contributed by atoms with Crippen LogP contribution < -0.4 is 98.2 Å². The molecule has 1 aliphatic heterocycles. The van der Waals surface area contributed by atoms with Gasteiger partial charge >= 0.3 is 5.97 Å². The second kappa shape index (κ2) is 51.3. The summed E-state index contributed by atoms with van der Waals surface area (Å²) in [6.45, 7) is 9.22. The third-order valence-corrected chi connectivity index (χ3v) is 18.3. The van der Waals surface area contributed by atoms with Crippen molar-refractivity contribution < 1.29 is 97.5 Å². The quantitative estimate of drug-likeness (QED) is 0.0166. The molecule has 0 bridgehead atoms. The molecule has 0 spiro atoms. The zero-order valence-electron chi connectivity index (χ0n) is 66.3. The van der Waals surface area contributed by atoms with Gasteiger partial charge in [-0.05, 0) is 128 Å². The molecule has 3 rings (SSSR count). The maximum atomic E-state index is 14.7. The summed E-state index contributed by atoms with van der Waals surface area (Å²) in [6, 6.07) is -21.6. The smallest absolute Gasteiger partial charge is 0.326 e. The predicted octanol–water partition coefficient (Wildman–Crippen LogP) is -8.79. The number of hydrogen-bond donors (Lipinski definition) is 25. The largest absolute Gasteiger partial charge is 0.480 e. The second-order valence-electron chi connectivity index (χ2n) is 29.6. The number of aliphatic hydroxyl groups is 4. The van der Waals surface area contributed by atoms with E-state index in [1.165, 1.54) is 29.9 Å². The first-order valence-corrected chi connectivity index (χ1v) is 38.5. The summed E-state index contributed by atoms with van der Waals surface area (Å²) in [4.78, 5) is 226. The number of aromatic amines is 2. The number of imidazole rings is 2. The minimum Gasteiger partial charge on any atom is -0.480 e. The number of aliphatic imine (C=N–C) groups is 1. The Kier molecular flexibility index (Phi) is 44.0. The average molecular weight is 1630 g/mol. The summed E-state index contributed by atoms with van der Waals surface area (Å²) < 4.78 is 0. The van der Waals surface area contributed by atoms with Gasteiger partial charge in [-0.3, -0.25) is 72.1 Å². The van der Waals surface area contributed by atoms with Gasteiger partial charge in [0.1, 0.15) is 78.5 Å². The van der Waals surface area contributed by atoms with Crippen molar-refractivity contribution in [3.8, 4) is 0 Å². The van der Waals surface area contributed by atoms with E-state index in [1.54, 1.807) is 27.7 Å². The zero-order valence-corrected chi connectivity index (χ0v) is 66.3. The van der Waals surface area contributed by atoms with Crippen LogP contribution in [0.5, 0.6) is 0 Å². The summed E-state index contributed by atoms with van der Waals surface area (Å²) in [5, 5.41) is 81.4. The Hall–Kier alpha value is -10.5. The van der Waals surface area contributed by atoms with Crippen molar-refractivity contribution in [2.45, 2.75) is 248 Å². The minimum atomic E-state index is -1.97. The van der Waals surface area contributed by atoms with Gasteiger partial charge in [0.15, 0.2) is 5.96 Å². The molecule has 115 heavy (non-hydrogen) atoms. The molecule has 15 atom stereocenters. The van der Waals surface area contributed by atoms with Crippen LogP contribution in [0.15, 0.2) is 30.0 Å². The van der Waals surface area contributed by atoms with E-state index >= 15 is 0 Å². The molecular formula is C71H122N24O20. The summed E-state index contributed by atoms with van der Waals surface area (Å²) in [5.41, 5.74) is 34.8. The second-order valence-corrected chi connectivity index (χ2v) is 29.6. The first-order valence-electron chi connectivity index (χ1n) is 38.5. The lowest BCUT2D eigenvalue weighted by Crippen LogP contribution is -2.62. The zero-order chi connectivity index (χ0) is 86.2. The highest BCUT2D eigenvalue weighted by atomic mass is 16.4. The van der Waals surface area contributed by atoms with Crippen LogP contribution in [0.2, 0.25) is 0 Å². The van der Waals surface area contributed by atoms with E-state index < -0.39 is 218 Å². The monoisotopic (exact) mass is 1630 g/mol. The topological polar surface area (TPSA) is 731 Å². The minimum absolute atomic E-state index is 0.00805. The molecule has 1 aliphatic rings. The van der Waals surface area contributed by atoms with Gasteiger partial charge in [-0.25, -0.2) is 14.8 Å². The molecule has 0 unspecified atom stereocenters. The van der Waals surface area contributed by atoms with E-state index in [-0.39, 0.29) is 113 Å². The fraction of sp³-hybridized carbons (Fsp3) is 0.690. The number of unbranched alkanes of at least 4 members (excludes halogenated alkanes) is 2. The fourth-order valence-electron chi connectivity index (χ4n) is 12.2. The van der Waals surface area contributed by atoms with Crippen molar-refractivity contribution in [1.82, 2.24) is 88.6 Å². The highest BCUT2D eigenvalue weighted by Crippen LogP contribution is 2.21. The molecule has 0 radical (unpaired) electrons. The Morgan fingerprint density at radius 3 is 1.23 bits per heavy atom. The van der Waals surface area contributed by atoms with Crippen molar-refractivity contribution in [1.29, 1.82) is 0 Å². The number of carboxylic acid groups (broad SMARTS) is 1. The van der Waals surface area contributed by atoms with Gasteiger partial charge < -0.3 is 139 Å². The van der Waals surface area contributed by atoms with Gasteiger partial charge in [0.25, 0.3) is 0 Å². The maximum Gasteiger partial charge on any atom is 0.326 e. The Labute approximate surface area is 666 Å². The van der Waals surface area contributed by atoms with E-state index in [1.807, 2.05) is 13.8 Å². The predicted molar refractivity (Wildman–Crippen MR) is 414 cm³/mol. The number of nitrogens with one attached hydrogen (secondary N) is 14. The van der Waals surface area contributed by atoms with E-state index in [4.69, 9.17) is 34.4 Å². The Bertz CT molecular complexity index is 3510. The number of hydrogen-bond acceptors (Lipinski definition) is 25. The fourth-order valence-corrected chi connectivity index (χ4v) is 12.2. The van der Waals surface area contributed by atoms with Gasteiger partial charge in [0, 0.05) is 56.1 Å². The molecule has 44 heteroatoms. The third-order valence-electron chi connectivity index (χ3n) is 18.3. The molecule has 2 aromatic rings. The SMILES string of the molecule is CC(C)C[C@H](NC(=O)[C@H](CCCCN)NC(=O)[C@H](CO)NC(=O)[C@@H]1CCCN1C(=O)[C@@H](N)CC(C)C)C(=O)N[C@@H](CCCCN)C(=O)N[C@@H](CC(C)C)C(=O)N[C@@H](CCCN=C(N)N)C(=O)N[C@H](C(=O)N[C@@H](Cc1cnc[nH]1)C(=O)N[C@@H](CO)C(=O)N[C@@H](CCC(N)=O)C(=O)N[C@@H](CO)C(=O)N[C@@H](Cc1cnc[nH]1)C(=O)O)[C@@H](C)O. The van der Waals surface area contributed by atoms with E-state index in [2.05, 4.69) is 88.7 Å². The van der Waals surface area contributed by atoms with Crippen LogP contribution in [0, 0.1) is 17.8 Å². The highest BCUT2D eigenvalue weighted by Gasteiger charge is 2.41. The highest BCUT2D eigenvalue weighted by molar-refractivity contribution is 6.00. The van der Waals surface area contributed by atoms with Crippen molar-refractivity contribution >= 4 is 94.6 Å². The number of amides is 14. The number of carbonyl (C=O) groups excluding carboxylic acids is 14. The number of guanidine groups is 1. The van der Waals surface area contributed by atoms with Crippen molar-refractivity contribution in [3.63, 3.8) is 0 Å². The summed E-state index contributed by atoms with van der Waals surface area (Å²) in [7, 11) is 0. The molecule has 14 amide bonds. The molecule has 0 aliphatic carbocycles. The summed E-state index contributed by atoms with van der Waals surface area (Å²) in [6.07, 6.45) is 3.41. The molecule has 0 saturated carbocycles. The van der Waals surface area contributed by atoms with Crippen LogP contribution in [-0.4, -0.2) is 282 Å². The van der Waals surface area contributed by atoms with E-state index in [0.29, 0.717) is 37.8 Å². The number of aliphatic hydroxyl groups excluding tert-OH is 4. The number of aromatic nitrogens is 4. The van der Waals surface area contributed by atoms with Crippen LogP contribution >= 0.6 is 0 Å². The standard InChI is InChI=1S/C71H122N24O20/c1-36(2)24-42(74)69(113)95-23-13-17-54(95)67(111)93-53(33-98)65(109)85-44(15-9-11-21-73)58(102)88-47(25-37(3)4)61(105)83-43(14-8-10-20-72)57(101)87-48(26-38(5)6)62(106)84-45(16-12-22-80-71(76)77)60(104)94-56(39(7)99)68(112)89-49(27-40-29-78-34-81-40)63(107)92-51(31-96)64(108)86-46(18-19-55(75)100)59(103)91-52(32-97)66(110)90-50(70(114)115)28-41-30-79-35-82-41/h29-30,34-39,42-54,56,96-99H,8-28,31-33,72-74H2,1-7H3,(H2,75,100)(H,78,81)(H,79,82)(H,83,105)(H,84,106)(H,85,109)(H,86,108)(H,87,101)(H,88,102)(H,89,112)(H,90,110)(H,91,103)(H,92,107)(H,93,111)(H,94,104)(H,114,115)(H4,76,77,80)/t39-,42+,43+,44+,45+,46+,47+,48+,49+,50+,51+,52+,53+,54+,56+/m1/s1. The molecule has 1 saturated heterocycles. The Balaban J connectivity index is 1.92. The lowest BCUT2D eigenvalue weighted by molar-refractivity contribution is -0.142. The molecular weight excluding hydrogens is 1510 g/mol. The number of nitrogens with two attached hydrogens (primary N) is 6. The number of rotatable bonds is 55. The number of H-pyrrole nitrogens is 2.